The van der Waals surface area contributed by atoms with E-state index in [2.05, 4.69) is 15.6 Å². The van der Waals surface area contributed by atoms with Crippen molar-refractivity contribution in [3.63, 3.8) is 0 Å². The van der Waals surface area contributed by atoms with Crippen molar-refractivity contribution in [1.29, 1.82) is 0 Å². The summed E-state index contributed by atoms with van der Waals surface area (Å²) in [5.74, 6) is 0.384. The third kappa shape index (κ3) is 5.04. The summed E-state index contributed by atoms with van der Waals surface area (Å²) in [4.78, 5) is 16.3. The van der Waals surface area contributed by atoms with Gasteiger partial charge in [-0.2, -0.15) is 0 Å². The first-order chi connectivity index (χ1) is 8.88. The molecule has 1 rings (SSSR count). The van der Waals surface area contributed by atoms with Gasteiger partial charge in [0.1, 0.15) is 11.0 Å². The molecule has 0 aliphatic carbocycles. The Morgan fingerprint density at radius 3 is 2.74 bits per heavy atom. The second-order valence-corrected chi connectivity index (χ2v) is 5.25. The number of nitrogens with zero attached hydrogens (tertiary/aromatic N) is 1. The molecular weight excluding hydrogens is 266 g/mol. The molecule has 0 fully saturated rings. The number of carbonyl (C=O) groups excluding carboxylic acids is 1. The SMILES string of the molecule is CCNc1cc(C(=O)NC(C)(C)COC)cc(Cl)n1. The minimum atomic E-state index is -0.445. The molecular formula is C13H20ClN3O2. The van der Waals surface area contributed by atoms with Gasteiger partial charge in [0.2, 0.25) is 0 Å². The third-order valence-electron chi connectivity index (χ3n) is 2.37. The topological polar surface area (TPSA) is 63.2 Å². The van der Waals surface area contributed by atoms with E-state index in [1.807, 2.05) is 20.8 Å². The average molecular weight is 286 g/mol. The van der Waals surface area contributed by atoms with Gasteiger partial charge >= 0.3 is 0 Å². The van der Waals surface area contributed by atoms with Crippen LogP contribution in [0.3, 0.4) is 0 Å². The summed E-state index contributed by atoms with van der Waals surface area (Å²) >= 11 is 5.91. The normalized spacial score (nSPS) is 11.2. The predicted molar refractivity (Wildman–Crippen MR) is 76.8 cm³/mol. The van der Waals surface area contributed by atoms with Crippen molar-refractivity contribution in [2.24, 2.45) is 0 Å². The molecule has 0 saturated carbocycles. The molecule has 1 aromatic rings. The molecule has 0 aliphatic heterocycles. The Bertz CT molecular complexity index is 450. The molecule has 19 heavy (non-hydrogen) atoms. The molecule has 106 valence electrons. The van der Waals surface area contributed by atoms with Crippen LogP contribution in [0.2, 0.25) is 5.15 Å². The number of pyridine rings is 1. The quantitative estimate of drug-likeness (QED) is 0.788. The van der Waals surface area contributed by atoms with Crippen LogP contribution < -0.4 is 10.6 Å². The maximum absolute atomic E-state index is 12.2. The van der Waals surface area contributed by atoms with Gasteiger partial charge < -0.3 is 15.4 Å². The molecule has 6 heteroatoms. The van der Waals surface area contributed by atoms with Gasteiger partial charge in [0.25, 0.3) is 5.91 Å². The lowest BCUT2D eigenvalue weighted by atomic mass is 10.1. The molecule has 0 aromatic carbocycles. The van der Waals surface area contributed by atoms with Crippen LogP contribution in [0.15, 0.2) is 12.1 Å². The molecule has 5 nitrogen and oxygen atoms in total. The van der Waals surface area contributed by atoms with Gasteiger partial charge in [-0.25, -0.2) is 4.98 Å². The van der Waals surface area contributed by atoms with E-state index >= 15 is 0 Å². The van der Waals surface area contributed by atoms with Crippen molar-refractivity contribution in [3.05, 3.63) is 22.8 Å². The van der Waals surface area contributed by atoms with Gasteiger partial charge in [0, 0.05) is 19.2 Å². The Balaban J connectivity index is 2.87. The smallest absolute Gasteiger partial charge is 0.252 e. The maximum Gasteiger partial charge on any atom is 0.252 e. The molecule has 1 amide bonds. The monoisotopic (exact) mass is 285 g/mol. The number of methoxy groups -OCH3 is 1. The number of nitrogens with one attached hydrogen (secondary N) is 2. The molecule has 1 heterocycles. The first-order valence-electron chi connectivity index (χ1n) is 6.11. The van der Waals surface area contributed by atoms with Crippen LogP contribution >= 0.6 is 11.6 Å². The van der Waals surface area contributed by atoms with E-state index < -0.39 is 5.54 Å². The van der Waals surface area contributed by atoms with E-state index in [1.54, 1.807) is 19.2 Å². The van der Waals surface area contributed by atoms with Crippen molar-refractivity contribution in [2.45, 2.75) is 26.3 Å². The highest BCUT2D eigenvalue weighted by molar-refractivity contribution is 6.29. The molecule has 2 N–H and O–H groups in total. The van der Waals surface area contributed by atoms with Crippen LogP contribution in [0.4, 0.5) is 5.82 Å². The fraction of sp³-hybridized carbons (Fsp3) is 0.538. The first-order valence-corrected chi connectivity index (χ1v) is 6.48. The van der Waals surface area contributed by atoms with Crippen LogP contribution in [0.1, 0.15) is 31.1 Å². The van der Waals surface area contributed by atoms with E-state index in [9.17, 15) is 4.79 Å². The van der Waals surface area contributed by atoms with Gasteiger partial charge in [-0.3, -0.25) is 4.79 Å². The highest BCUT2D eigenvalue weighted by Crippen LogP contribution is 2.15. The van der Waals surface area contributed by atoms with Crippen molar-refractivity contribution in [2.75, 3.05) is 25.6 Å². The summed E-state index contributed by atoms with van der Waals surface area (Å²) in [6.07, 6.45) is 0. The average Bonchev–Trinajstić information content (AvgIpc) is 2.27. The summed E-state index contributed by atoms with van der Waals surface area (Å²) in [5, 5.41) is 6.21. The zero-order valence-corrected chi connectivity index (χ0v) is 12.5. The van der Waals surface area contributed by atoms with Crippen LogP contribution in [0.5, 0.6) is 0 Å². The molecule has 0 saturated heterocycles. The summed E-state index contributed by atoms with van der Waals surface area (Å²) < 4.78 is 5.06. The van der Waals surface area contributed by atoms with E-state index in [4.69, 9.17) is 16.3 Å². The maximum atomic E-state index is 12.2. The van der Waals surface area contributed by atoms with Gasteiger partial charge in [-0.15, -0.1) is 0 Å². The van der Waals surface area contributed by atoms with Crippen molar-refractivity contribution in [3.8, 4) is 0 Å². The molecule has 0 radical (unpaired) electrons. The highest BCUT2D eigenvalue weighted by Gasteiger charge is 2.21. The van der Waals surface area contributed by atoms with E-state index in [1.165, 1.54) is 0 Å². The fourth-order valence-corrected chi connectivity index (χ4v) is 1.88. The molecule has 0 aliphatic rings. The Morgan fingerprint density at radius 1 is 1.47 bits per heavy atom. The zero-order valence-electron chi connectivity index (χ0n) is 11.7. The number of carbonyl (C=O) groups is 1. The Hall–Kier alpha value is -1.33. The third-order valence-corrected chi connectivity index (χ3v) is 2.56. The number of halogens is 1. The second-order valence-electron chi connectivity index (χ2n) is 4.87. The van der Waals surface area contributed by atoms with Gasteiger partial charge in [0.05, 0.1) is 12.1 Å². The lowest BCUT2D eigenvalue weighted by molar-refractivity contribution is 0.0820. The van der Waals surface area contributed by atoms with Gasteiger partial charge in [-0.1, -0.05) is 11.6 Å². The van der Waals surface area contributed by atoms with E-state index in [0.717, 1.165) is 0 Å². The Kier molecular flexibility index (Phi) is 5.57. The lowest BCUT2D eigenvalue weighted by Crippen LogP contribution is -2.46. The number of hydrogen-bond donors (Lipinski definition) is 2. The largest absolute Gasteiger partial charge is 0.382 e. The van der Waals surface area contributed by atoms with Crippen LogP contribution in [0.25, 0.3) is 0 Å². The molecule has 0 unspecified atom stereocenters. The number of aromatic nitrogens is 1. The number of rotatable bonds is 6. The summed E-state index contributed by atoms with van der Waals surface area (Å²) in [7, 11) is 1.60. The van der Waals surface area contributed by atoms with Crippen LogP contribution in [-0.4, -0.2) is 36.7 Å². The molecule has 0 spiro atoms. The van der Waals surface area contributed by atoms with Gasteiger partial charge in [-0.05, 0) is 32.9 Å². The molecule has 1 aromatic heterocycles. The molecule has 0 bridgehead atoms. The van der Waals surface area contributed by atoms with Crippen molar-refractivity contribution in [1.82, 2.24) is 10.3 Å². The van der Waals surface area contributed by atoms with Crippen molar-refractivity contribution >= 4 is 23.3 Å². The van der Waals surface area contributed by atoms with E-state index in [0.29, 0.717) is 24.5 Å². The van der Waals surface area contributed by atoms with Crippen molar-refractivity contribution < 1.29 is 9.53 Å². The van der Waals surface area contributed by atoms with Gasteiger partial charge in [0.15, 0.2) is 0 Å². The Labute approximate surface area is 118 Å². The summed E-state index contributed by atoms with van der Waals surface area (Å²) in [5.41, 5.74) is 0.0278. The second kappa shape index (κ2) is 6.73. The minimum Gasteiger partial charge on any atom is -0.382 e. The predicted octanol–water partition coefficient (Wildman–Crippen LogP) is 2.32. The van der Waals surface area contributed by atoms with Crippen LogP contribution in [-0.2, 0) is 4.74 Å². The Morgan fingerprint density at radius 2 is 2.16 bits per heavy atom. The highest BCUT2D eigenvalue weighted by atomic mass is 35.5. The van der Waals surface area contributed by atoms with Crippen LogP contribution in [0, 0.1) is 0 Å². The number of anilines is 1. The lowest BCUT2D eigenvalue weighted by Gasteiger charge is -2.25. The standard InChI is InChI=1S/C13H20ClN3O2/c1-5-15-11-7-9(6-10(14)16-11)12(18)17-13(2,3)8-19-4/h6-7H,5,8H2,1-4H3,(H,15,16)(H,17,18). The summed E-state index contributed by atoms with van der Waals surface area (Å²) in [6, 6.07) is 3.22. The number of ether oxygens (including phenoxy) is 1. The zero-order chi connectivity index (χ0) is 14.5. The number of hydrogen-bond acceptors (Lipinski definition) is 4. The number of amides is 1. The first kappa shape index (κ1) is 15.7. The molecule has 0 atom stereocenters. The summed E-state index contributed by atoms with van der Waals surface area (Å²) in [6.45, 7) is 6.87. The fourth-order valence-electron chi connectivity index (χ4n) is 1.68. The minimum absolute atomic E-state index is 0.203. The van der Waals surface area contributed by atoms with E-state index in [-0.39, 0.29) is 11.1 Å².